The zero-order valence-corrected chi connectivity index (χ0v) is 15.8. The van der Waals surface area contributed by atoms with Gasteiger partial charge in [-0.25, -0.2) is 4.79 Å². The van der Waals surface area contributed by atoms with Gasteiger partial charge < -0.3 is 5.32 Å². The molecule has 0 bridgehead atoms. The molecule has 1 heterocycles. The number of urea groups is 1. The Morgan fingerprint density at radius 3 is 1.96 bits per heavy atom. The maximum atomic E-state index is 13.2. The molecule has 0 spiro atoms. The van der Waals surface area contributed by atoms with E-state index in [9.17, 15) is 9.59 Å². The molecule has 1 aliphatic heterocycles. The molecular formula is C24H22N2O2. The van der Waals surface area contributed by atoms with E-state index in [4.69, 9.17) is 0 Å². The lowest BCUT2D eigenvalue weighted by Crippen LogP contribution is -2.43. The van der Waals surface area contributed by atoms with Gasteiger partial charge in [0.25, 0.3) is 5.91 Å². The van der Waals surface area contributed by atoms with Gasteiger partial charge in [0, 0.05) is 0 Å². The predicted octanol–water partition coefficient (Wildman–Crippen LogP) is 4.71. The highest BCUT2D eigenvalue weighted by atomic mass is 16.2. The van der Waals surface area contributed by atoms with E-state index in [2.05, 4.69) is 17.4 Å². The van der Waals surface area contributed by atoms with Crippen molar-refractivity contribution in [2.45, 2.75) is 25.4 Å². The molecule has 3 aromatic carbocycles. The molecule has 28 heavy (non-hydrogen) atoms. The van der Waals surface area contributed by atoms with E-state index in [0.717, 1.165) is 22.3 Å². The molecule has 0 aromatic heterocycles. The third-order valence-corrected chi connectivity index (χ3v) is 5.37. The topological polar surface area (TPSA) is 49.4 Å². The fraction of sp³-hybridized carbons (Fsp3) is 0.167. The fourth-order valence-electron chi connectivity index (χ4n) is 3.75. The lowest BCUT2D eigenvalue weighted by Gasteiger charge is -2.25. The molecule has 1 aliphatic rings. The lowest BCUT2D eigenvalue weighted by molar-refractivity contribution is -0.132. The highest BCUT2D eigenvalue weighted by Crippen LogP contribution is 2.33. The summed E-state index contributed by atoms with van der Waals surface area (Å²) in [7, 11) is 0. The molecule has 0 unspecified atom stereocenters. The Labute approximate surface area is 164 Å². The maximum absolute atomic E-state index is 13.2. The van der Waals surface area contributed by atoms with E-state index in [1.165, 1.54) is 4.90 Å². The SMILES string of the molecule is CC[C@]1(c2ccccc2)NC(=O)N(Cc2ccc(-c3ccccc3)cc2)C1=O. The number of nitrogens with zero attached hydrogens (tertiary/aromatic N) is 1. The summed E-state index contributed by atoms with van der Waals surface area (Å²) in [5.74, 6) is -0.196. The quantitative estimate of drug-likeness (QED) is 0.661. The van der Waals surface area contributed by atoms with Crippen LogP contribution in [0.15, 0.2) is 84.9 Å². The predicted molar refractivity (Wildman–Crippen MR) is 109 cm³/mol. The van der Waals surface area contributed by atoms with Gasteiger partial charge >= 0.3 is 6.03 Å². The molecule has 4 heteroatoms. The highest BCUT2D eigenvalue weighted by Gasteiger charge is 2.50. The summed E-state index contributed by atoms with van der Waals surface area (Å²) in [5, 5.41) is 2.93. The number of carbonyl (C=O) groups excluding carboxylic acids is 2. The second-order valence-electron chi connectivity index (χ2n) is 7.01. The van der Waals surface area contributed by atoms with Crippen molar-refractivity contribution in [2.75, 3.05) is 0 Å². The van der Waals surface area contributed by atoms with Gasteiger partial charge in [0.1, 0.15) is 5.54 Å². The van der Waals surface area contributed by atoms with Gasteiger partial charge in [0.15, 0.2) is 0 Å². The van der Waals surface area contributed by atoms with Crippen molar-refractivity contribution in [3.05, 3.63) is 96.1 Å². The normalized spacial score (nSPS) is 19.0. The van der Waals surface area contributed by atoms with Gasteiger partial charge in [0.2, 0.25) is 0 Å². The van der Waals surface area contributed by atoms with E-state index in [1.807, 2.05) is 79.7 Å². The first kappa shape index (κ1) is 18.0. The number of rotatable bonds is 5. The van der Waals surface area contributed by atoms with E-state index < -0.39 is 5.54 Å². The first-order valence-corrected chi connectivity index (χ1v) is 9.48. The van der Waals surface area contributed by atoms with Gasteiger partial charge in [-0.05, 0) is 28.7 Å². The molecule has 1 saturated heterocycles. The standard InChI is InChI=1S/C24H22N2O2/c1-2-24(21-11-7-4-8-12-21)22(27)26(23(28)25-24)17-18-13-15-20(16-14-18)19-9-5-3-6-10-19/h3-16H,2,17H2,1H3,(H,25,28)/t24-/m1/s1. The van der Waals surface area contributed by atoms with Gasteiger partial charge in [-0.2, -0.15) is 0 Å². The second kappa shape index (κ2) is 7.31. The Bertz CT molecular complexity index is 984. The van der Waals surface area contributed by atoms with E-state index >= 15 is 0 Å². The summed E-state index contributed by atoms with van der Waals surface area (Å²) in [6.45, 7) is 2.18. The molecule has 140 valence electrons. The van der Waals surface area contributed by atoms with Crippen LogP contribution in [0.4, 0.5) is 4.79 Å². The smallest absolute Gasteiger partial charge is 0.319 e. The van der Waals surface area contributed by atoms with Crippen LogP contribution in [0.1, 0.15) is 24.5 Å². The van der Waals surface area contributed by atoms with Crippen LogP contribution in [-0.4, -0.2) is 16.8 Å². The third-order valence-electron chi connectivity index (χ3n) is 5.37. The van der Waals surface area contributed by atoms with Crippen molar-refractivity contribution >= 4 is 11.9 Å². The Morgan fingerprint density at radius 2 is 1.36 bits per heavy atom. The van der Waals surface area contributed by atoms with E-state index in [1.54, 1.807) is 0 Å². The van der Waals surface area contributed by atoms with Crippen LogP contribution >= 0.6 is 0 Å². The van der Waals surface area contributed by atoms with Gasteiger partial charge in [0.05, 0.1) is 6.54 Å². The summed E-state index contributed by atoms with van der Waals surface area (Å²) < 4.78 is 0. The van der Waals surface area contributed by atoms with Crippen molar-refractivity contribution in [3.63, 3.8) is 0 Å². The number of carbonyl (C=O) groups is 2. The molecule has 4 rings (SSSR count). The zero-order chi connectivity index (χ0) is 19.6. The maximum Gasteiger partial charge on any atom is 0.325 e. The van der Waals surface area contributed by atoms with E-state index in [-0.39, 0.29) is 18.5 Å². The Balaban J connectivity index is 1.57. The average molecular weight is 370 g/mol. The average Bonchev–Trinajstić information content (AvgIpc) is 3.00. The molecule has 0 radical (unpaired) electrons. The number of imide groups is 1. The minimum atomic E-state index is -0.984. The van der Waals surface area contributed by atoms with Crippen LogP contribution in [0.2, 0.25) is 0 Å². The van der Waals surface area contributed by atoms with E-state index in [0.29, 0.717) is 6.42 Å². The third kappa shape index (κ3) is 3.07. The molecule has 1 atom stereocenters. The number of benzene rings is 3. The van der Waals surface area contributed by atoms with Crippen molar-refractivity contribution in [1.82, 2.24) is 10.2 Å². The molecule has 1 fully saturated rings. The van der Waals surface area contributed by atoms with Crippen LogP contribution in [0.3, 0.4) is 0 Å². The van der Waals surface area contributed by atoms with Crippen molar-refractivity contribution in [3.8, 4) is 11.1 Å². The van der Waals surface area contributed by atoms with Crippen LogP contribution in [-0.2, 0) is 16.9 Å². The van der Waals surface area contributed by atoms with Crippen LogP contribution in [0, 0.1) is 0 Å². The molecular weight excluding hydrogens is 348 g/mol. The van der Waals surface area contributed by atoms with Gasteiger partial charge in [-0.1, -0.05) is 91.9 Å². The zero-order valence-electron chi connectivity index (χ0n) is 15.8. The van der Waals surface area contributed by atoms with Crippen molar-refractivity contribution < 1.29 is 9.59 Å². The summed E-state index contributed by atoms with van der Waals surface area (Å²) in [4.78, 5) is 27.1. The Hall–Kier alpha value is -3.40. The van der Waals surface area contributed by atoms with Gasteiger partial charge in [-0.15, -0.1) is 0 Å². The first-order chi connectivity index (χ1) is 13.6. The summed E-state index contributed by atoms with van der Waals surface area (Å²) in [6, 6.07) is 27.2. The number of hydrogen-bond acceptors (Lipinski definition) is 2. The second-order valence-corrected chi connectivity index (χ2v) is 7.01. The van der Waals surface area contributed by atoms with Gasteiger partial charge in [-0.3, -0.25) is 9.69 Å². The first-order valence-electron chi connectivity index (χ1n) is 9.48. The fourth-order valence-corrected chi connectivity index (χ4v) is 3.75. The number of hydrogen-bond donors (Lipinski definition) is 1. The molecule has 0 saturated carbocycles. The number of amides is 3. The molecule has 4 nitrogen and oxygen atoms in total. The highest BCUT2D eigenvalue weighted by molar-refractivity contribution is 6.07. The van der Waals surface area contributed by atoms with Crippen LogP contribution in [0.25, 0.3) is 11.1 Å². The minimum Gasteiger partial charge on any atom is -0.319 e. The summed E-state index contributed by atoms with van der Waals surface area (Å²) in [6.07, 6.45) is 0.505. The largest absolute Gasteiger partial charge is 0.325 e. The molecule has 3 aromatic rings. The van der Waals surface area contributed by atoms with Crippen LogP contribution < -0.4 is 5.32 Å². The van der Waals surface area contributed by atoms with Crippen molar-refractivity contribution in [2.24, 2.45) is 0 Å². The van der Waals surface area contributed by atoms with Crippen molar-refractivity contribution in [1.29, 1.82) is 0 Å². The number of nitrogens with one attached hydrogen (secondary N) is 1. The lowest BCUT2D eigenvalue weighted by atomic mass is 9.87. The Kier molecular flexibility index (Phi) is 4.70. The summed E-state index contributed by atoms with van der Waals surface area (Å²) >= 11 is 0. The Morgan fingerprint density at radius 1 is 0.786 bits per heavy atom. The molecule has 0 aliphatic carbocycles. The minimum absolute atomic E-state index is 0.196. The molecule has 1 N–H and O–H groups in total. The monoisotopic (exact) mass is 370 g/mol. The summed E-state index contributed by atoms with van der Waals surface area (Å²) in [5.41, 5.74) is 3.00. The molecule has 3 amide bonds. The van der Waals surface area contributed by atoms with Crippen LogP contribution in [0.5, 0.6) is 0 Å².